The van der Waals surface area contributed by atoms with Gasteiger partial charge in [0, 0.05) is 30.2 Å². The SMILES string of the molecule is CC(C)N(CCNc1ccc(Cl)cc1N)C(C)C. The highest BCUT2D eigenvalue weighted by Gasteiger charge is 2.12. The molecule has 3 N–H and O–H groups in total. The van der Waals surface area contributed by atoms with E-state index in [1.165, 1.54) is 0 Å². The first kappa shape index (κ1) is 15.1. The molecule has 1 aromatic rings. The van der Waals surface area contributed by atoms with E-state index in [9.17, 15) is 0 Å². The van der Waals surface area contributed by atoms with Crippen molar-refractivity contribution in [1.82, 2.24) is 4.90 Å². The fourth-order valence-electron chi connectivity index (χ4n) is 2.13. The summed E-state index contributed by atoms with van der Waals surface area (Å²) >= 11 is 5.87. The van der Waals surface area contributed by atoms with Crippen molar-refractivity contribution in [2.45, 2.75) is 39.8 Å². The number of nitrogens with one attached hydrogen (secondary N) is 1. The minimum Gasteiger partial charge on any atom is -0.397 e. The Morgan fingerprint density at radius 1 is 1.22 bits per heavy atom. The van der Waals surface area contributed by atoms with Gasteiger partial charge in [0.25, 0.3) is 0 Å². The fraction of sp³-hybridized carbons (Fsp3) is 0.571. The molecule has 1 rings (SSSR count). The van der Waals surface area contributed by atoms with Gasteiger partial charge in [-0.15, -0.1) is 0 Å². The van der Waals surface area contributed by atoms with Gasteiger partial charge in [-0.1, -0.05) is 11.6 Å². The molecule has 0 saturated carbocycles. The van der Waals surface area contributed by atoms with E-state index in [2.05, 4.69) is 37.9 Å². The average molecular weight is 270 g/mol. The Kier molecular flexibility index (Phi) is 5.76. The average Bonchev–Trinajstić information content (AvgIpc) is 2.25. The molecule has 1 aromatic carbocycles. The van der Waals surface area contributed by atoms with Gasteiger partial charge >= 0.3 is 0 Å². The second kappa shape index (κ2) is 6.86. The van der Waals surface area contributed by atoms with Crippen molar-refractivity contribution in [2.24, 2.45) is 0 Å². The van der Waals surface area contributed by atoms with Crippen LogP contribution in [-0.4, -0.2) is 30.1 Å². The highest BCUT2D eigenvalue weighted by Crippen LogP contribution is 2.22. The van der Waals surface area contributed by atoms with Crippen LogP contribution in [0.15, 0.2) is 18.2 Å². The maximum atomic E-state index is 5.90. The number of benzene rings is 1. The van der Waals surface area contributed by atoms with Crippen LogP contribution in [0.1, 0.15) is 27.7 Å². The summed E-state index contributed by atoms with van der Waals surface area (Å²) in [5.41, 5.74) is 7.55. The Morgan fingerprint density at radius 3 is 2.33 bits per heavy atom. The predicted molar refractivity (Wildman–Crippen MR) is 81.3 cm³/mol. The van der Waals surface area contributed by atoms with E-state index < -0.39 is 0 Å². The van der Waals surface area contributed by atoms with Crippen molar-refractivity contribution in [2.75, 3.05) is 24.1 Å². The normalized spacial score (nSPS) is 11.6. The second-order valence-corrected chi connectivity index (χ2v) is 5.52. The zero-order chi connectivity index (χ0) is 13.7. The Hall–Kier alpha value is -0.930. The minimum absolute atomic E-state index is 0.550. The molecule has 0 aliphatic heterocycles. The van der Waals surface area contributed by atoms with Crippen LogP contribution in [0.3, 0.4) is 0 Å². The van der Waals surface area contributed by atoms with Crippen molar-refractivity contribution in [3.63, 3.8) is 0 Å². The summed E-state index contributed by atoms with van der Waals surface area (Å²) < 4.78 is 0. The second-order valence-electron chi connectivity index (χ2n) is 5.08. The lowest BCUT2D eigenvalue weighted by Gasteiger charge is -2.30. The number of rotatable bonds is 6. The number of nitrogens with two attached hydrogens (primary N) is 1. The molecule has 0 radical (unpaired) electrons. The zero-order valence-electron chi connectivity index (χ0n) is 11.7. The molecule has 0 aromatic heterocycles. The molecule has 0 aliphatic rings. The minimum atomic E-state index is 0.550. The number of nitrogen functional groups attached to an aromatic ring is 1. The van der Waals surface area contributed by atoms with E-state index in [4.69, 9.17) is 17.3 Å². The van der Waals surface area contributed by atoms with Gasteiger partial charge in [-0.25, -0.2) is 0 Å². The lowest BCUT2D eigenvalue weighted by atomic mass is 10.2. The van der Waals surface area contributed by atoms with E-state index in [0.29, 0.717) is 22.8 Å². The number of anilines is 2. The van der Waals surface area contributed by atoms with Crippen LogP contribution in [0.25, 0.3) is 0 Å². The van der Waals surface area contributed by atoms with Crippen LogP contribution in [0, 0.1) is 0 Å². The summed E-state index contributed by atoms with van der Waals surface area (Å²) in [6.07, 6.45) is 0. The number of hydrogen-bond acceptors (Lipinski definition) is 3. The molecule has 0 heterocycles. The van der Waals surface area contributed by atoms with Crippen molar-refractivity contribution < 1.29 is 0 Å². The lowest BCUT2D eigenvalue weighted by Crippen LogP contribution is -2.40. The molecule has 0 unspecified atom stereocenters. The summed E-state index contributed by atoms with van der Waals surface area (Å²) in [4.78, 5) is 2.44. The largest absolute Gasteiger partial charge is 0.397 e. The van der Waals surface area contributed by atoms with Gasteiger partial charge in [-0.3, -0.25) is 4.90 Å². The molecule has 0 amide bonds. The Morgan fingerprint density at radius 2 is 1.83 bits per heavy atom. The molecule has 0 bridgehead atoms. The van der Waals surface area contributed by atoms with E-state index >= 15 is 0 Å². The summed E-state index contributed by atoms with van der Waals surface area (Å²) in [6, 6.07) is 6.64. The van der Waals surface area contributed by atoms with Crippen molar-refractivity contribution in [3.05, 3.63) is 23.2 Å². The van der Waals surface area contributed by atoms with Crippen molar-refractivity contribution in [1.29, 1.82) is 0 Å². The lowest BCUT2D eigenvalue weighted by molar-refractivity contribution is 0.182. The quantitative estimate of drug-likeness (QED) is 0.777. The molecule has 102 valence electrons. The van der Waals surface area contributed by atoms with Crippen LogP contribution >= 0.6 is 11.6 Å². The van der Waals surface area contributed by atoms with Crippen molar-refractivity contribution >= 4 is 23.0 Å². The molecular weight excluding hydrogens is 246 g/mol. The van der Waals surface area contributed by atoms with Gasteiger partial charge in [0.2, 0.25) is 0 Å². The van der Waals surface area contributed by atoms with Crippen LogP contribution in [0.4, 0.5) is 11.4 Å². The predicted octanol–water partition coefficient (Wildman–Crippen LogP) is 3.45. The zero-order valence-corrected chi connectivity index (χ0v) is 12.5. The maximum absolute atomic E-state index is 5.90. The first-order valence-electron chi connectivity index (χ1n) is 6.46. The smallest absolute Gasteiger partial charge is 0.0575 e. The molecule has 3 nitrogen and oxygen atoms in total. The van der Waals surface area contributed by atoms with Crippen LogP contribution in [-0.2, 0) is 0 Å². The summed E-state index contributed by atoms with van der Waals surface area (Å²) in [7, 11) is 0. The van der Waals surface area contributed by atoms with Gasteiger partial charge in [-0.05, 0) is 45.9 Å². The fourth-order valence-corrected chi connectivity index (χ4v) is 2.31. The van der Waals surface area contributed by atoms with E-state index in [-0.39, 0.29) is 0 Å². The van der Waals surface area contributed by atoms with Gasteiger partial charge in [0.1, 0.15) is 0 Å². The molecule has 4 heteroatoms. The number of halogens is 1. The van der Waals surface area contributed by atoms with E-state index in [0.717, 1.165) is 18.8 Å². The third-order valence-electron chi connectivity index (χ3n) is 3.03. The number of hydrogen-bond donors (Lipinski definition) is 2. The molecule has 18 heavy (non-hydrogen) atoms. The highest BCUT2D eigenvalue weighted by molar-refractivity contribution is 6.31. The molecule has 0 aliphatic carbocycles. The Balaban J connectivity index is 2.50. The van der Waals surface area contributed by atoms with E-state index in [1.54, 1.807) is 6.07 Å². The van der Waals surface area contributed by atoms with Crippen LogP contribution in [0.5, 0.6) is 0 Å². The molecule has 0 fully saturated rings. The monoisotopic (exact) mass is 269 g/mol. The summed E-state index contributed by atoms with van der Waals surface area (Å²) in [6.45, 7) is 10.8. The number of nitrogens with zero attached hydrogens (tertiary/aromatic N) is 1. The highest BCUT2D eigenvalue weighted by atomic mass is 35.5. The molecule has 0 spiro atoms. The molecule has 0 atom stereocenters. The standard InChI is InChI=1S/C14H24ClN3/c1-10(2)18(11(3)4)8-7-17-14-6-5-12(15)9-13(14)16/h5-6,9-11,17H,7-8,16H2,1-4H3. The molecule has 0 saturated heterocycles. The third-order valence-corrected chi connectivity index (χ3v) is 3.26. The van der Waals surface area contributed by atoms with Crippen molar-refractivity contribution in [3.8, 4) is 0 Å². The summed E-state index contributed by atoms with van der Waals surface area (Å²) in [5.74, 6) is 0. The topological polar surface area (TPSA) is 41.3 Å². The maximum Gasteiger partial charge on any atom is 0.0575 e. The summed E-state index contributed by atoms with van der Waals surface area (Å²) in [5, 5.41) is 4.03. The Labute approximate surface area is 115 Å². The molecular formula is C14H24ClN3. The van der Waals surface area contributed by atoms with Crippen LogP contribution in [0.2, 0.25) is 5.02 Å². The Bertz CT molecular complexity index is 369. The third kappa shape index (κ3) is 4.39. The van der Waals surface area contributed by atoms with Gasteiger partial charge < -0.3 is 11.1 Å². The van der Waals surface area contributed by atoms with Gasteiger partial charge in [0.15, 0.2) is 0 Å². The van der Waals surface area contributed by atoms with Crippen LogP contribution < -0.4 is 11.1 Å². The van der Waals surface area contributed by atoms with Gasteiger partial charge in [0.05, 0.1) is 11.4 Å². The van der Waals surface area contributed by atoms with E-state index in [1.807, 2.05) is 12.1 Å². The first-order chi connectivity index (χ1) is 8.41. The van der Waals surface area contributed by atoms with Gasteiger partial charge in [-0.2, -0.15) is 0 Å². The first-order valence-corrected chi connectivity index (χ1v) is 6.84.